The molecule has 0 saturated heterocycles. The Morgan fingerprint density at radius 2 is 1.00 bits per heavy atom. The average Bonchev–Trinajstić information content (AvgIpc) is 1.61. The third kappa shape index (κ3) is 12.4. The molecule has 9 heavy (non-hydrogen) atoms. The summed E-state index contributed by atoms with van der Waals surface area (Å²) in [6, 6.07) is 0. The molecule has 58 valence electrons. The summed E-state index contributed by atoms with van der Waals surface area (Å²) < 4.78 is 0. The van der Waals surface area contributed by atoms with Gasteiger partial charge < -0.3 is 0 Å². The maximum atomic E-state index is 2.36. The van der Waals surface area contributed by atoms with Crippen LogP contribution in [0.3, 0.4) is 0 Å². The van der Waals surface area contributed by atoms with Gasteiger partial charge in [-0.05, 0) is 39.0 Å². The fourth-order valence-electron chi connectivity index (χ4n) is 0.400. The van der Waals surface area contributed by atoms with Gasteiger partial charge in [0.15, 0.2) is 0 Å². The molecule has 0 bridgehead atoms. The highest BCUT2D eigenvalue weighted by Gasteiger charge is 1.94. The van der Waals surface area contributed by atoms with Gasteiger partial charge in [-0.25, -0.2) is 0 Å². The van der Waals surface area contributed by atoms with Crippen molar-refractivity contribution in [1.29, 1.82) is 0 Å². The molecule has 0 fully saturated rings. The van der Waals surface area contributed by atoms with Gasteiger partial charge in [0.2, 0.25) is 0 Å². The molecule has 0 aromatic carbocycles. The molecule has 0 aromatic rings. The summed E-state index contributed by atoms with van der Waals surface area (Å²) in [5, 5.41) is 0. The molecule has 3 heteroatoms. The number of rotatable bonds is 3. The predicted octanol–water partition coefficient (Wildman–Crippen LogP) is 2.89. The lowest BCUT2D eigenvalue weighted by atomic mass is 11.0. The molecule has 0 aliphatic carbocycles. The van der Waals surface area contributed by atoms with Crippen LogP contribution in [0.1, 0.15) is 0 Å². The zero-order valence-corrected chi connectivity index (χ0v) is 9.32. The van der Waals surface area contributed by atoms with E-state index in [0.717, 1.165) is 0 Å². The van der Waals surface area contributed by atoms with E-state index in [-0.39, 0.29) is 12.4 Å². The molecule has 0 aliphatic heterocycles. The van der Waals surface area contributed by atoms with E-state index in [9.17, 15) is 0 Å². The highest BCUT2D eigenvalue weighted by atomic mass is 35.5. The third-order valence-electron chi connectivity index (χ3n) is 0.994. The Balaban J connectivity index is 0. The monoisotopic (exact) mass is 186 g/mol. The summed E-state index contributed by atoms with van der Waals surface area (Å²) in [7, 11) is 0.766. The molecule has 0 saturated carbocycles. The molecule has 0 radical (unpaired) electrons. The predicted molar refractivity (Wildman–Crippen MR) is 54.5 cm³/mol. The van der Waals surface area contributed by atoms with Gasteiger partial charge >= 0.3 is 0 Å². The van der Waals surface area contributed by atoms with E-state index in [0.29, 0.717) is 15.8 Å². The van der Waals surface area contributed by atoms with Gasteiger partial charge in [0.1, 0.15) is 0 Å². The van der Waals surface area contributed by atoms with Crippen LogP contribution in [0.2, 0.25) is 0 Å². The quantitative estimate of drug-likeness (QED) is 0.595. The van der Waals surface area contributed by atoms with Crippen LogP contribution in [0.25, 0.3) is 0 Å². The molecule has 0 nitrogen and oxygen atoms in total. The van der Waals surface area contributed by atoms with Crippen LogP contribution in [-0.4, -0.2) is 39.0 Å². The van der Waals surface area contributed by atoms with Gasteiger partial charge in [-0.1, -0.05) is 0 Å². The van der Waals surface area contributed by atoms with Crippen molar-refractivity contribution in [1.82, 2.24) is 0 Å². The van der Waals surface area contributed by atoms with Gasteiger partial charge in [-0.15, -0.1) is 28.3 Å². The van der Waals surface area contributed by atoms with E-state index in [4.69, 9.17) is 0 Å². The number of hydrogen-bond acceptors (Lipinski definition) is 0. The first-order valence-electron chi connectivity index (χ1n) is 2.92. The summed E-state index contributed by atoms with van der Waals surface area (Å²) in [5.41, 5.74) is 0. The summed E-state index contributed by atoms with van der Waals surface area (Å²) in [4.78, 5) is 0. The molecule has 0 amide bonds. The lowest BCUT2D eigenvalue weighted by molar-refractivity contribution is 1.49. The van der Waals surface area contributed by atoms with E-state index < -0.39 is 0 Å². The van der Waals surface area contributed by atoms with Crippen LogP contribution in [0.15, 0.2) is 0 Å². The Hall–Kier alpha value is 1.15. The number of hydrogen-bond donors (Lipinski definition) is 0. The van der Waals surface area contributed by atoms with Crippen LogP contribution in [0.4, 0.5) is 0 Å². The summed E-state index contributed by atoms with van der Waals surface area (Å²) >= 11 is 0. The molecule has 0 atom stereocenters. The maximum absolute atomic E-state index is 2.36. The summed E-state index contributed by atoms with van der Waals surface area (Å²) in [6.45, 7) is 9.42. The Bertz CT molecular complexity index is 47.0. The third-order valence-corrected chi connectivity index (χ3v) is 3.58. The van der Waals surface area contributed by atoms with E-state index in [1.165, 1.54) is 12.3 Å². The minimum atomic E-state index is 0. The molecular formula is C6H17ClP2. The van der Waals surface area contributed by atoms with Crippen LogP contribution < -0.4 is 0 Å². The molecular weight excluding hydrogens is 169 g/mol. The minimum absolute atomic E-state index is 0. The first-order valence-corrected chi connectivity index (χ1v) is 7.76. The van der Waals surface area contributed by atoms with Crippen molar-refractivity contribution in [2.75, 3.05) is 39.0 Å². The van der Waals surface area contributed by atoms with Crippen LogP contribution in [0, 0.1) is 0 Å². The van der Waals surface area contributed by atoms with E-state index in [1.807, 2.05) is 0 Å². The molecule has 0 N–H and O–H groups in total. The molecule has 0 aromatic heterocycles. The van der Waals surface area contributed by atoms with Gasteiger partial charge in [-0.2, -0.15) is 0 Å². The van der Waals surface area contributed by atoms with Crippen molar-refractivity contribution in [3.63, 3.8) is 0 Å². The second-order valence-electron chi connectivity index (χ2n) is 2.61. The lowest BCUT2D eigenvalue weighted by Gasteiger charge is -2.07. The topological polar surface area (TPSA) is 0 Å². The highest BCUT2D eigenvalue weighted by molar-refractivity contribution is 7.60. The lowest BCUT2D eigenvalue weighted by Crippen LogP contribution is -1.86. The fourth-order valence-corrected chi connectivity index (χ4v) is 3.60. The highest BCUT2D eigenvalue weighted by Crippen LogP contribution is 2.32. The Morgan fingerprint density at radius 3 is 1.11 bits per heavy atom. The fraction of sp³-hybridized carbons (Fsp3) is 1.00. The van der Waals surface area contributed by atoms with Crippen molar-refractivity contribution in [3.05, 3.63) is 0 Å². The Kier molecular flexibility index (Phi) is 10.3. The summed E-state index contributed by atoms with van der Waals surface area (Å²) in [5.74, 6) is 0. The standard InChI is InChI=1S/C6H16P2.ClH/c1-7(2)5-6-8(3)4;/h5-6H2,1-4H3;1H. The maximum Gasteiger partial charge on any atom is -0.0292 e. The van der Waals surface area contributed by atoms with Crippen molar-refractivity contribution in [2.24, 2.45) is 0 Å². The zero-order valence-electron chi connectivity index (χ0n) is 6.72. The Morgan fingerprint density at radius 1 is 0.778 bits per heavy atom. The van der Waals surface area contributed by atoms with Gasteiger partial charge in [0, 0.05) is 0 Å². The SMILES string of the molecule is CP(C)CCP(C)C.Cl. The second-order valence-corrected chi connectivity index (χ2v) is 7.82. The van der Waals surface area contributed by atoms with Gasteiger partial charge in [-0.3, -0.25) is 0 Å². The smallest absolute Gasteiger partial charge is 0.0292 e. The van der Waals surface area contributed by atoms with E-state index in [1.54, 1.807) is 0 Å². The summed E-state index contributed by atoms with van der Waals surface area (Å²) in [6.07, 6.45) is 2.96. The van der Waals surface area contributed by atoms with E-state index >= 15 is 0 Å². The zero-order chi connectivity index (χ0) is 6.57. The molecule has 0 aliphatic rings. The van der Waals surface area contributed by atoms with Crippen LogP contribution >= 0.6 is 28.3 Å². The number of halogens is 1. The van der Waals surface area contributed by atoms with E-state index in [2.05, 4.69) is 26.7 Å². The largest absolute Gasteiger partial charge is 0.147 e. The normalized spacial score (nSPS) is 10.0. The van der Waals surface area contributed by atoms with Crippen molar-refractivity contribution in [2.45, 2.75) is 0 Å². The average molecular weight is 187 g/mol. The van der Waals surface area contributed by atoms with Crippen molar-refractivity contribution in [3.8, 4) is 0 Å². The second kappa shape index (κ2) is 7.26. The van der Waals surface area contributed by atoms with Gasteiger partial charge in [0.05, 0.1) is 0 Å². The van der Waals surface area contributed by atoms with Crippen LogP contribution in [-0.2, 0) is 0 Å². The first kappa shape index (κ1) is 12.8. The van der Waals surface area contributed by atoms with Gasteiger partial charge in [0.25, 0.3) is 0 Å². The molecule has 0 rings (SSSR count). The Labute approximate surface area is 67.7 Å². The van der Waals surface area contributed by atoms with Crippen molar-refractivity contribution >= 4 is 28.3 Å². The van der Waals surface area contributed by atoms with Crippen molar-refractivity contribution < 1.29 is 0 Å². The molecule has 0 unspecified atom stereocenters. The minimum Gasteiger partial charge on any atom is -0.147 e. The molecule has 0 heterocycles. The first-order chi connectivity index (χ1) is 3.63. The molecule has 0 spiro atoms. The van der Waals surface area contributed by atoms with Crippen LogP contribution in [0.5, 0.6) is 0 Å².